The Balaban J connectivity index is 1.77. The van der Waals surface area contributed by atoms with E-state index >= 15 is 0 Å². The summed E-state index contributed by atoms with van der Waals surface area (Å²) in [6.45, 7) is 0.661. The van der Waals surface area contributed by atoms with Gasteiger partial charge in [-0.2, -0.15) is 0 Å². The summed E-state index contributed by atoms with van der Waals surface area (Å²) in [5.41, 5.74) is 1.05. The summed E-state index contributed by atoms with van der Waals surface area (Å²) in [5, 5.41) is 19.3. The maximum atomic E-state index is 9.72. The molecule has 0 radical (unpaired) electrons. The van der Waals surface area contributed by atoms with E-state index in [1.54, 1.807) is 0 Å². The van der Waals surface area contributed by atoms with Crippen molar-refractivity contribution in [2.45, 2.75) is 31.2 Å². The number of ether oxygens (including phenoxy) is 3. The fourth-order valence-electron chi connectivity index (χ4n) is 1.91. The molecular formula is C13H18O5. The standard InChI is InChI=1S/C13H18O5/c1-16-13-12(15)11(14)10(18-13)8-17-7-9-5-3-2-4-6-9/h2-6,10-15H,7-8H2,1H3/t10-,11-,12+,13+/m0/s1. The Bertz CT molecular complexity index is 356. The summed E-state index contributed by atoms with van der Waals surface area (Å²) in [6, 6.07) is 9.72. The Hall–Kier alpha value is -0.980. The molecule has 0 amide bonds. The lowest BCUT2D eigenvalue weighted by Crippen LogP contribution is -2.34. The van der Waals surface area contributed by atoms with Crippen molar-refractivity contribution in [1.29, 1.82) is 0 Å². The van der Waals surface area contributed by atoms with Gasteiger partial charge in [0.2, 0.25) is 0 Å². The van der Waals surface area contributed by atoms with Gasteiger partial charge in [0, 0.05) is 7.11 Å². The van der Waals surface area contributed by atoms with E-state index in [1.165, 1.54) is 7.11 Å². The predicted octanol–water partition coefficient (Wildman–Crippen LogP) is 0.296. The average molecular weight is 254 g/mol. The van der Waals surface area contributed by atoms with Crippen molar-refractivity contribution in [2.75, 3.05) is 13.7 Å². The van der Waals surface area contributed by atoms with Crippen molar-refractivity contribution in [2.24, 2.45) is 0 Å². The minimum atomic E-state index is -1.03. The van der Waals surface area contributed by atoms with E-state index in [2.05, 4.69) is 0 Å². The molecule has 1 aromatic carbocycles. The van der Waals surface area contributed by atoms with Crippen LogP contribution >= 0.6 is 0 Å². The van der Waals surface area contributed by atoms with Gasteiger partial charge in [-0.3, -0.25) is 0 Å². The molecule has 0 aliphatic carbocycles. The first-order valence-corrected chi connectivity index (χ1v) is 5.88. The zero-order valence-electron chi connectivity index (χ0n) is 10.2. The van der Waals surface area contributed by atoms with Gasteiger partial charge in [-0.25, -0.2) is 0 Å². The maximum Gasteiger partial charge on any atom is 0.186 e. The first kappa shape index (κ1) is 13.5. The van der Waals surface area contributed by atoms with E-state index < -0.39 is 24.6 Å². The van der Waals surface area contributed by atoms with Gasteiger partial charge in [-0.05, 0) is 5.56 Å². The van der Waals surface area contributed by atoms with Crippen molar-refractivity contribution in [1.82, 2.24) is 0 Å². The summed E-state index contributed by atoms with van der Waals surface area (Å²) in [5.74, 6) is 0. The summed E-state index contributed by atoms with van der Waals surface area (Å²) < 4.78 is 15.7. The molecule has 2 rings (SSSR count). The molecule has 1 aliphatic rings. The third-order valence-corrected chi connectivity index (χ3v) is 2.94. The van der Waals surface area contributed by atoms with Crippen LogP contribution in [0.1, 0.15) is 5.56 Å². The lowest BCUT2D eigenvalue weighted by atomic mass is 10.1. The number of methoxy groups -OCH3 is 1. The van der Waals surface area contributed by atoms with Gasteiger partial charge in [0.15, 0.2) is 6.29 Å². The largest absolute Gasteiger partial charge is 0.387 e. The fourth-order valence-corrected chi connectivity index (χ4v) is 1.91. The van der Waals surface area contributed by atoms with Crippen LogP contribution in [0.3, 0.4) is 0 Å². The minimum Gasteiger partial charge on any atom is -0.387 e. The Morgan fingerprint density at radius 3 is 2.50 bits per heavy atom. The quantitative estimate of drug-likeness (QED) is 0.791. The molecule has 100 valence electrons. The third-order valence-electron chi connectivity index (χ3n) is 2.94. The Labute approximate surface area is 106 Å². The van der Waals surface area contributed by atoms with E-state index in [0.29, 0.717) is 6.61 Å². The molecule has 0 saturated carbocycles. The van der Waals surface area contributed by atoms with Gasteiger partial charge in [-0.1, -0.05) is 30.3 Å². The van der Waals surface area contributed by atoms with Crippen LogP contribution in [0.5, 0.6) is 0 Å². The van der Waals surface area contributed by atoms with Gasteiger partial charge < -0.3 is 24.4 Å². The van der Waals surface area contributed by atoms with Crippen molar-refractivity contribution < 1.29 is 24.4 Å². The van der Waals surface area contributed by atoms with Crippen LogP contribution in [0.15, 0.2) is 30.3 Å². The minimum absolute atomic E-state index is 0.215. The number of hydrogen-bond acceptors (Lipinski definition) is 5. The van der Waals surface area contributed by atoms with Crippen molar-refractivity contribution in [3.05, 3.63) is 35.9 Å². The lowest BCUT2D eigenvalue weighted by molar-refractivity contribution is -0.156. The van der Waals surface area contributed by atoms with E-state index in [-0.39, 0.29) is 6.61 Å². The normalized spacial score (nSPS) is 31.7. The highest BCUT2D eigenvalue weighted by molar-refractivity contribution is 5.13. The smallest absolute Gasteiger partial charge is 0.186 e. The second-order valence-corrected chi connectivity index (χ2v) is 4.26. The van der Waals surface area contributed by atoms with Crippen LogP contribution in [-0.2, 0) is 20.8 Å². The highest BCUT2D eigenvalue weighted by atomic mass is 16.7. The van der Waals surface area contributed by atoms with Gasteiger partial charge in [0.25, 0.3) is 0 Å². The Kier molecular flexibility index (Phi) is 4.68. The molecule has 18 heavy (non-hydrogen) atoms. The van der Waals surface area contributed by atoms with Gasteiger partial charge in [0.05, 0.1) is 13.2 Å². The third kappa shape index (κ3) is 3.07. The monoisotopic (exact) mass is 254 g/mol. The van der Waals surface area contributed by atoms with Gasteiger partial charge in [-0.15, -0.1) is 0 Å². The highest BCUT2D eigenvalue weighted by Crippen LogP contribution is 2.22. The van der Waals surface area contributed by atoms with Gasteiger partial charge >= 0.3 is 0 Å². The molecule has 1 aromatic rings. The van der Waals surface area contributed by atoms with Crippen LogP contribution in [0.25, 0.3) is 0 Å². The Morgan fingerprint density at radius 1 is 1.17 bits per heavy atom. The molecule has 4 atom stereocenters. The SMILES string of the molecule is CO[C@@H]1O[C@@H](COCc2ccccc2)[C@H](O)[C@H]1O. The molecule has 5 nitrogen and oxygen atoms in total. The zero-order chi connectivity index (χ0) is 13.0. The fraction of sp³-hybridized carbons (Fsp3) is 0.538. The molecule has 0 unspecified atom stereocenters. The van der Waals surface area contributed by atoms with Crippen LogP contribution in [0, 0.1) is 0 Å². The molecular weight excluding hydrogens is 236 g/mol. The molecule has 1 heterocycles. The molecule has 2 N–H and O–H groups in total. The molecule has 1 aliphatic heterocycles. The number of aliphatic hydroxyl groups excluding tert-OH is 2. The zero-order valence-corrected chi connectivity index (χ0v) is 10.2. The predicted molar refractivity (Wildman–Crippen MR) is 63.8 cm³/mol. The summed E-state index contributed by atoms with van der Waals surface area (Å²) in [7, 11) is 1.42. The molecule has 1 saturated heterocycles. The van der Waals surface area contributed by atoms with E-state index in [0.717, 1.165) is 5.56 Å². The first-order chi connectivity index (χ1) is 8.72. The maximum absolute atomic E-state index is 9.72. The van der Waals surface area contributed by atoms with Crippen LogP contribution in [-0.4, -0.2) is 48.5 Å². The molecule has 5 heteroatoms. The van der Waals surface area contributed by atoms with Crippen molar-refractivity contribution in [3.63, 3.8) is 0 Å². The topological polar surface area (TPSA) is 68.2 Å². The van der Waals surface area contributed by atoms with Crippen LogP contribution in [0.4, 0.5) is 0 Å². The molecule has 0 aromatic heterocycles. The van der Waals surface area contributed by atoms with Gasteiger partial charge in [0.1, 0.15) is 18.3 Å². The van der Waals surface area contributed by atoms with E-state index in [1.807, 2.05) is 30.3 Å². The van der Waals surface area contributed by atoms with E-state index in [9.17, 15) is 10.2 Å². The highest BCUT2D eigenvalue weighted by Gasteiger charge is 2.42. The second kappa shape index (κ2) is 6.26. The average Bonchev–Trinajstić information content (AvgIpc) is 2.68. The van der Waals surface area contributed by atoms with Crippen LogP contribution in [0.2, 0.25) is 0 Å². The summed E-state index contributed by atoms with van der Waals surface area (Å²) in [4.78, 5) is 0. The molecule has 0 spiro atoms. The van der Waals surface area contributed by atoms with Crippen molar-refractivity contribution >= 4 is 0 Å². The molecule has 1 fully saturated rings. The number of benzene rings is 1. The number of aliphatic hydroxyl groups is 2. The number of rotatable bonds is 5. The summed E-state index contributed by atoms with van der Waals surface area (Å²) in [6.07, 6.45) is -3.36. The summed E-state index contributed by atoms with van der Waals surface area (Å²) >= 11 is 0. The second-order valence-electron chi connectivity index (χ2n) is 4.26. The van der Waals surface area contributed by atoms with Crippen LogP contribution < -0.4 is 0 Å². The van der Waals surface area contributed by atoms with E-state index in [4.69, 9.17) is 14.2 Å². The number of hydrogen-bond donors (Lipinski definition) is 2. The van der Waals surface area contributed by atoms with Crippen molar-refractivity contribution in [3.8, 4) is 0 Å². The molecule has 0 bridgehead atoms. The Morgan fingerprint density at radius 2 is 1.89 bits per heavy atom. The lowest BCUT2D eigenvalue weighted by Gasteiger charge is -2.14. The first-order valence-electron chi connectivity index (χ1n) is 5.88.